The van der Waals surface area contributed by atoms with Gasteiger partial charge in [0.05, 0.1) is 23.4 Å². The van der Waals surface area contributed by atoms with Crippen molar-refractivity contribution >= 4 is 27.6 Å². The summed E-state index contributed by atoms with van der Waals surface area (Å²) in [4.78, 5) is 18.3. The maximum Gasteiger partial charge on any atom is 0.317 e. The van der Waals surface area contributed by atoms with Gasteiger partial charge in [-0.2, -0.15) is 0 Å². The van der Waals surface area contributed by atoms with Gasteiger partial charge in [0.15, 0.2) is 11.6 Å². The standard InChI is InChI=1S/C19H20FN3O2S/c1-3-25-16-9-8-13(10-14(16)20)11-21-19(24)23(2)12-18-22-15-6-4-5-7-17(15)26-18/h4-10H,3,11-12H2,1-2H3,(H,21,24). The second-order valence-electron chi connectivity index (χ2n) is 5.79. The molecule has 3 rings (SSSR count). The summed E-state index contributed by atoms with van der Waals surface area (Å²) < 4.78 is 20.1. The molecule has 0 aliphatic rings. The minimum Gasteiger partial charge on any atom is -0.491 e. The summed E-state index contributed by atoms with van der Waals surface area (Å²) in [6.07, 6.45) is 0. The van der Waals surface area contributed by atoms with Crippen LogP contribution >= 0.6 is 11.3 Å². The molecule has 0 saturated carbocycles. The number of para-hydroxylation sites is 1. The van der Waals surface area contributed by atoms with Gasteiger partial charge in [-0.05, 0) is 36.8 Å². The molecule has 2 aromatic carbocycles. The van der Waals surface area contributed by atoms with Crippen molar-refractivity contribution in [3.63, 3.8) is 0 Å². The largest absolute Gasteiger partial charge is 0.491 e. The number of benzene rings is 2. The third-order valence-electron chi connectivity index (χ3n) is 3.80. The van der Waals surface area contributed by atoms with Gasteiger partial charge in [0.2, 0.25) is 0 Å². The summed E-state index contributed by atoms with van der Waals surface area (Å²) >= 11 is 1.57. The molecule has 0 atom stereocenters. The number of thiazole rings is 1. The van der Waals surface area contributed by atoms with E-state index in [9.17, 15) is 9.18 Å². The lowest BCUT2D eigenvalue weighted by Crippen LogP contribution is -2.36. The number of carbonyl (C=O) groups excluding carboxylic acids is 1. The van der Waals surface area contributed by atoms with Crippen molar-refractivity contribution in [2.24, 2.45) is 0 Å². The van der Waals surface area contributed by atoms with Crippen LogP contribution < -0.4 is 10.1 Å². The van der Waals surface area contributed by atoms with Crippen LogP contribution in [-0.2, 0) is 13.1 Å². The average molecular weight is 373 g/mol. The molecule has 0 fully saturated rings. The lowest BCUT2D eigenvalue weighted by Gasteiger charge is -2.16. The molecule has 0 saturated heterocycles. The summed E-state index contributed by atoms with van der Waals surface area (Å²) in [5.41, 5.74) is 1.61. The predicted octanol–water partition coefficient (Wildman–Crippen LogP) is 4.18. The molecule has 0 aliphatic heterocycles. The number of carbonyl (C=O) groups is 1. The van der Waals surface area contributed by atoms with Crippen molar-refractivity contribution in [2.45, 2.75) is 20.0 Å². The van der Waals surface area contributed by atoms with Crippen LogP contribution in [-0.4, -0.2) is 29.6 Å². The van der Waals surface area contributed by atoms with Crippen LogP contribution in [0.1, 0.15) is 17.5 Å². The van der Waals surface area contributed by atoms with Gasteiger partial charge in [0.1, 0.15) is 5.01 Å². The van der Waals surface area contributed by atoms with Gasteiger partial charge in [-0.1, -0.05) is 18.2 Å². The van der Waals surface area contributed by atoms with E-state index < -0.39 is 5.82 Å². The van der Waals surface area contributed by atoms with Crippen LogP contribution in [0, 0.1) is 5.82 Å². The number of hydrogen-bond donors (Lipinski definition) is 1. The summed E-state index contributed by atoms with van der Waals surface area (Å²) in [6.45, 7) is 2.87. The molecule has 1 aromatic heterocycles. The Labute approximate surface area is 155 Å². The van der Waals surface area contributed by atoms with Crippen LogP contribution in [0.3, 0.4) is 0 Å². The molecule has 0 unspecified atom stereocenters. The van der Waals surface area contributed by atoms with Gasteiger partial charge in [-0.3, -0.25) is 0 Å². The van der Waals surface area contributed by atoms with Crippen LogP contribution in [0.5, 0.6) is 5.75 Å². The molecule has 1 N–H and O–H groups in total. The van der Waals surface area contributed by atoms with E-state index in [-0.39, 0.29) is 18.3 Å². The zero-order valence-corrected chi connectivity index (χ0v) is 15.5. The fourth-order valence-electron chi connectivity index (χ4n) is 2.50. The van der Waals surface area contributed by atoms with E-state index in [1.165, 1.54) is 6.07 Å². The highest BCUT2D eigenvalue weighted by atomic mass is 32.1. The number of hydrogen-bond acceptors (Lipinski definition) is 4. The second kappa shape index (κ2) is 8.14. The van der Waals surface area contributed by atoms with Crippen molar-refractivity contribution in [2.75, 3.05) is 13.7 Å². The smallest absolute Gasteiger partial charge is 0.317 e. The van der Waals surface area contributed by atoms with Gasteiger partial charge in [0, 0.05) is 13.6 Å². The maximum atomic E-state index is 13.9. The van der Waals surface area contributed by atoms with E-state index in [4.69, 9.17) is 4.74 Å². The van der Waals surface area contributed by atoms with Gasteiger partial charge < -0.3 is 15.0 Å². The number of aromatic nitrogens is 1. The lowest BCUT2D eigenvalue weighted by atomic mass is 10.2. The second-order valence-corrected chi connectivity index (χ2v) is 6.90. The van der Waals surface area contributed by atoms with E-state index in [0.29, 0.717) is 18.7 Å². The van der Waals surface area contributed by atoms with Crippen molar-refractivity contribution in [1.82, 2.24) is 15.2 Å². The topological polar surface area (TPSA) is 54.5 Å². The monoisotopic (exact) mass is 373 g/mol. The molecule has 2 amide bonds. The van der Waals surface area contributed by atoms with Crippen LogP contribution in [0.15, 0.2) is 42.5 Å². The number of urea groups is 1. The number of amides is 2. The summed E-state index contributed by atoms with van der Waals surface area (Å²) in [5, 5.41) is 3.66. The molecular weight excluding hydrogens is 353 g/mol. The Morgan fingerprint density at radius 1 is 1.31 bits per heavy atom. The van der Waals surface area contributed by atoms with Gasteiger partial charge in [0.25, 0.3) is 0 Å². The third kappa shape index (κ3) is 4.29. The predicted molar refractivity (Wildman–Crippen MR) is 101 cm³/mol. The van der Waals surface area contributed by atoms with E-state index in [1.54, 1.807) is 42.3 Å². The molecule has 5 nitrogen and oxygen atoms in total. The highest BCUT2D eigenvalue weighted by molar-refractivity contribution is 7.18. The number of ether oxygens (including phenoxy) is 1. The minimum atomic E-state index is -0.429. The Morgan fingerprint density at radius 3 is 2.85 bits per heavy atom. The number of nitrogens with zero attached hydrogens (tertiary/aromatic N) is 2. The maximum absolute atomic E-state index is 13.9. The van der Waals surface area contributed by atoms with Crippen molar-refractivity contribution in [1.29, 1.82) is 0 Å². The number of fused-ring (bicyclic) bond motifs is 1. The molecular formula is C19H20FN3O2S. The SMILES string of the molecule is CCOc1ccc(CNC(=O)N(C)Cc2nc3ccccc3s2)cc1F. The van der Waals surface area contributed by atoms with Crippen LogP contribution in [0.25, 0.3) is 10.2 Å². The average Bonchev–Trinajstić information content (AvgIpc) is 3.04. The Kier molecular flexibility index (Phi) is 5.68. The molecule has 0 spiro atoms. The molecule has 7 heteroatoms. The first-order valence-corrected chi connectivity index (χ1v) is 9.13. The Balaban J connectivity index is 1.56. The molecule has 0 bridgehead atoms. The van der Waals surface area contributed by atoms with Crippen LogP contribution in [0.4, 0.5) is 9.18 Å². The van der Waals surface area contributed by atoms with Gasteiger partial charge >= 0.3 is 6.03 Å². The Hall–Kier alpha value is -2.67. The van der Waals surface area contributed by atoms with E-state index in [2.05, 4.69) is 10.3 Å². The fraction of sp³-hybridized carbons (Fsp3) is 0.263. The normalized spacial score (nSPS) is 10.7. The van der Waals surface area contributed by atoms with Gasteiger partial charge in [-0.25, -0.2) is 14.2 Å². The minimum absolute atomic E-state index is 0.218. The van der Waals surface area contributed by atoms with E-state index in [1.807, 2.05) is 24.3 Å². The Bertz CT molecular complexity index is 880. The molecule has 0 aliphatic carbocycles. The van der Waals surface area contributed by atoms with Gasteiger partial charge in [-0.15, -0.1) is 11.3 Å². The zero-order valence-electron chi connectivity index (χ0n) is 14.7. The van der Waals surface area contributed by atoms with E-state index in [0.717, 1.165) is 15.2 Å². The first kappa shape index (κ1) is 18.1. The summed E-state index contributed by atoms with van der Waals surface area (Å²) in [6, 6.07) is 12.3. The number of rotatable bonds is 6. The van der Waals surface area contributed by atoms with E-state index >= 15 is 0 Å². The number of halogens is 1. The first-order valence-electron chi connectivity index (χ1n) is 8.31. The molecule has 136 valence electrons. The molecule has 3 aromatic rings. The summed E-state index contributed by atoms with van der Waals surface area (Å²) in [5.74, 6) is -0.211. The Morgan fingerprint density at radius 2 is 2.12 bits per heavy atom. The van der Waals surface area contributed by atoms with Crippen molar-refractivity contribution in [3.8, 4) is 5.75 Å². The fourth-order valence-corrected chi connectivity index (χ4v) is 3.52. The van der Waals surface area contributed by atoms with Crippen molar-refractivity contribution < 1.29 is 13.9 Å². The third-order valence-corrected chi connectivity index (χ3v) is 4.82. The molecule has 0 radical (unpaired) electrons. The molecule has 26 heavy (non-hydrogen) atoms. The van der Waals surface area contributed by atoms with Crippen LogP contribution in [0.2, 0.25) is 0 Å². The summed E-state index contributed by atoms with van der Waals surface area (Å²) in [7, 11) is 1.71. The highest BCUT2D eigenvalue weighted by Gasteiger charge is 2.12. The lowest BCUT2D eigenvalue weighted by molar-refractivity contribution is 0.206. The first-order chi connectivity index (χ1) is 12.6. The highest BCUT2D eigenvalue weighted by Crippen LogP contribution is 2.22. The molecule has 1 heterocycles. The quantitative estimate of drug-likeness (QED) is 0.705. The zero-order chi connectivity index (χ0) is 18.5. The van der Waals surface area contributed by atoms with Crippen molar-refractivity contribution in [3.05, 3.63) is 58.9 Å². The number of nitrogens with one attached hydrogen (secondary N) is 1.